The van der Waals surface area contributed by atoms with Gasteiger partial charge in [-0.2, -0.15) is 0 Å². The van der Waals surface area contributed by atoms with Gasteiger partial charge in [-0.05, 0) is 53.1 Å². The third kappa shape index (κ3) is 5.16. The molecule has 1 aliphatic heterocycles. The van der Waals surface area contributed by atoms with Crippen molar-refractivity contribution < 1.29 is 9.53 Å². The van der Waals surface area contributed by atoms with Gasteiger partial charge in [0, 0.05) is 36.0 Å². The number of pyridine rings is 1. The Labute approximate surface area is 180 Å². The van der Waals surface area contributed by atoms with E-state index in [9.17, 15) is 4.79 Å². The number of hydrogen-bond donors (Lipinski definition) is 1. The lowest BCUT2D eigenvalue weighted by Gasteiger charge is -2.29. The van der Waals surface area contributed by atoms with Crippen LogP contribution in [-0.2, 0) is 11.2 Å². The lowest BCUT2D eigenvalue weighted by atomic mass is 10.2. The maximum absolute atomic E-state index is 12.9. The Balaban J connectivity index is 1.72. The molecule has 3 rings (SSSR count). The predicted octanol–water partition coefficient (Wildman–Crippen LogP) is 3.74. The number of nitrogens with one attached hydrogen (secondary N) is 1. The Hall–Kier alpha value is -2.38. The lowest BCUT2D eigenvalue weighted by Crippen LogP contribution is -2.34. The van der Waals surface area contributed by atoms with E-state index in [1.54, 1.807) is 6.08 Å². The highest BCUT2D eigenvalue weighted by atomic mass is 79.9. The van der Waals surface area contributed by atoms with Gasteiger partial charge in [0.2, 0.25) is 0 Å². The number of morpholine rings is 1. The number of amides is 1. The minimum absolute atomic E-state index is 0.144. The third-order valence-electron chi connectivity index (χ3n) is 4.97. The van der Waals surface area contributed by atoms with Gasteiger partial charge in [-0.25, -0.2) is 4.98 Å². The summed E-state index contributed by atoms with van der Waals surface area (Å²) in [6, 6.07) is 3.82. The van der Waals surface area contributed by atoms with E-state index in [2.05, 4.69) is 50.7 Å². The molecule has 1 saturated heterocycles. The molecule has 1 fully saturated rings. The van der Waals surface area contributed by atoms with Crippen molar-refractivity contribution in [2.24, 2.45) is 0 Å². The number of aromatic nitrogens is 2. The van der Waals surface area contributed by atoms with E-state index in [0.29, 0.717) is 18.7 Å². The zero-order chi connectivity index (χ0) is 20.8. The number of aryl methyl sites for hydroxylation is 1. The van der Waals surface area contributed by atoms with Crippen LogP contribution in [0.15, 0.2) is 58.9 Å². The first-order valence-corrected chi connectivity index (χ1v) is 10.6. The molecule has 1 N–H and O–H groups in total. The Morgan fingerprint density at radius 2 is 2.10 bits per heavy atom. The molecule has 29 heavy (non-hydrogen) atoms. The number of carbonyl (C=O) groups is 1. The molecule has 0 unspecified atom stereocenters. The van der Waals surface area contributed by atoms with E-state index in [-0.39, 0.29) is 5.91 Å². The number of fused-ring (bicyclic) bond motifs is 1. The van der Waals surface area contributed by atoms with E-state index in [0.717, 1.165) is 47.7 Å². The summed E-state index contributed by atoms with van der Waals surface area (Å²) < 4.78 is 8.12. The fourth-order valence-electron chi connectivity index (χ4n) is 3.27. The van der Waals surface area contributed by atoms with Crippen LogP contribution in [0, 0.1) is 0 Å². The molecule has 7 heteroatoms. The number of rotatable bonds is 7. The molecular formula is C22H27BrN4O2. The van der Waals surface area contributed by atoms with Crippen LogP contribution in [0.5, 0.6) is 0 Å². The molecule has 2 aromatic rings. The zero-order valence-electron chi connectivity index (χ0n) is 16.9. The van der Waals surface area contributed by atoms with Crippen LogP contribution in [-0.4, -0.2) is 53.0 Å². The lowest BCUT2D eigenvalue weighted by molar-refractivity contribution is 0.0537. The van der Waals surface area contributed by atoms with Gasteiger partial charge in [-0.3, -0.25) is 9.20 Å². The molecule has 2 aromatic heterocycles. The van der Waals surface area contributed by atoms with E-state index in [4.69, 9.17) is 4.74 Å². The zero-order valence-corrected chi connectivity index (χ0v) is 18.5. The summed E-state index contributed by atoms with van der Waals surface area (Å²) in [6.07, 6.45) is 8.40. The molecule has 0 bridgehead atoms. The Morgan fingerprint density at radius 1 is 1.34 bits per heavy atom. The molecule has 0 aliphatic carbocycles. The van der Waals surface area contributed by atoms with Crippen LogP contribution in [0.2, 0.25) is 0 Å². The molecule has 0 spiro atoms. The van der Waals surface area contributed by atoms with Gasteiger partial charge in [0.1, 0.15) is 11.3 Å². The second-order valence-electron chi connectivity index (χ2n) is 6.87. The average molecular weight is 459 g/mol. The Bertz CT molecular complexity index is 955. The van der Waals surface area contributed by atoms with E-state index >= 15 is 0 Å². The summed E-state index contributed by atoms with van der Waals surface area (Å²) in [6.45, 7) is 11.7. The van der Waals surface area contributed by atoms with Crippen LogP contribution in [0.4, 0.5) is 0 Å². The van der Waals surface area contributed by atoms with Gasteiger partial charge in [0.25, 0.3) is 5.91 Å². The van der Waals surface area contributed by atoms with Crippen molar-refractivity contribution >= 4 is 27.5 Å². The largest absolute Gasteiger partial charge is 0.378 e. The number of imidazole rings is 1. The summed E-state index contributed by atoms with van der Waals surface area (Å²) >= 11 is 3.47. The summed E-state index contributed by atoms with van der Waals surface area (Å²) in [5.74, 6) is -0.144. The molecule has 0 saturated carbocycles. The SMILES string of the molecule is C=C/C(=C\C=C(/C)N1CCOCC1)CNC(=O)c1c(CC)nc2ccc(Br)cn12. The third-order valence-corrected chi connectivity index (χ3v) is 5.44. The molecule has 1 amide bonds. The normalized spacial score (nSPS) is 15.6. The van der Waals surface area contributed by atoms with Crippen molar-refractivity contribution in [3.63, 3.8) is 0 Å². The van der Waals surface area contributed by atoms with Gasteiger partial charge in [-0.15, -0.1) is 0 Å². The number of nitrogens with zero attached hydrogens (tertiary/aromatic N) is 3. The quantitative estimate of drug-likeness (QED) is 0.641. The highest BCUT2D eigenvalue weighted by molar-refractivity contribution is 9.10. The summed E-state index contributed by atoms with van der Waals surface area (Å²) in [7, 11) is 0. The van der Waals surface area contributed by atoms with Crippen LogP contribution in [0.25, 0.3) is 5.65 Å². The first kappa shape index (κ1) is 21.3. The molecule has 6 nitrogen and oxygen atoms in total. The number of carbonyl (C=O) groups excluding carboxylic acids is 1. The molecule has 0 atom stereocenters. The molecular weight excluding hydrogens is 432 g/mol. The van der Waals surface area contributed by atoms with Crippen molar-refractivity contribution in [1.29, 1.82) is 0 Å². The first-order valence-electron chi connectivity index (χ1n) is 9.80. The summed E-state index contributed by atoms with van der Waals surface area (Å²) in [5, 5.41) is 3.01. The Kier molecular flexibility index (Phi) is 7.28. The van der Waals surface area contributed by atoms with Crippen molar-refractivity contribution in [2.75, 3.05) is 32.8 Å². The number of ether oxygens (including phenoxy) is 1. The van der Waals surface area contributed by atoms with Gasteiger partial charge < -0.3 is 15.0 Å². The highest BCUT2D eigenvalue weighted by Crippen LogP contribution is 2.18. The smallest absolute Gasteiger partial charge is 0.270 e. The maximum atomic E-state index is 12.9. The monoisotopic (exact) mass is 458 g/mol. The average Bonchev–Trinajstić information content (AvgIpc) is 3.11. The van der Waals surface area contributed by atoms with Crippen LogP contribution >= 0.6 is 15.9 Å². The van der Waals surface area contributed by atoms with Crippen molar-refractivity contribution in [2.45, 2.75) is 20.3 Å². The predicted molar refractivity (Wildman–Crippen MR) is 119 cm³/mol. The van der Waals surface area contributed by atoms with Crippen molar-refractivity contribution in [3.05, 3.63) is 70.3 Å². The van der Waals surface area contributed by atoms with Crippen LogP contribution in [0.3, 0.4) is 0 Å². The minimum Gasteiger partial charge on any atom is -0.378 e. The fourth-order valence-corrected chi connectivity index (χ4v) is 3.61. The Morgan fingerprint density at radius 3 is 2.79 bits per heavy atom. The molecule has 0 radical (unpaired) electrons. The fraction of sp³-hybridized carbons (Fsp3) is 0.364. The highest BCUT2D eigenvalue weighted by Gasteiger charge is 2.18. The van der Waals surface area contributed by atoms with E-state index < -0.39 is 0 Å². The second kappa shape index (κ2) is 9.89. The molecule has 0 aromatic carbocycles. The van der Waals surface area contributed by atoms with Gasteiger partial charge in [0.05, 0.1) is 18.9 Å². The summed E-state index contributed by atoms with van der Waals surface area (Å²) in [5.41, 5.74) is 4.25. The van der Waals surface area contributed by atoms with Crippen LogP contribution in [0.1, 0.15) is 30.0 Å². The van der Waals surface area contributed by atoms with Gasteiger partial charge in [0.15, 0.2) is 0 Å². The number of allylic oxidation sites excluding steroid dienone is 3. The van der Waals surface area contributed by atoms with Crippen molar-refractivity contribution in [3.8, 4) is 0 Å². The minimum atomic E-state index is -0.144. The van der Waals surface area contributed by atoms with E-state index in [1.807, 2.05) is 35.7 Å². The molecule has 1 aliphatic rings. The molecule has 154 valence electrons. The summed E-state index contributed by atoms with van der Waals surface area (Å²) in [4.78, 5) is 19.8. The topological polar surface area (TPSA) is 58.9 Å². The van der Waals surface area contributed by atoms with Crippen molar-refractivity contribution in [1.82, 2.24) is 19.6 Å². The number of halogens is 1. The van der Waals surface area contributed by atoms with E-state index in [1.165, 1.54) is 5.70 Å². The second-order valence-corrected chi connectivity index (χ2v) is 7.79. The number of hydrogen-bond acceptors (Lipinski definition) is 4. The first-order chi connectivity index (χ1) is 14.0. The van der Waals surface area contributed by atoms with Gasteiger partial charge in [-0.1, -0.05) is 25.7 Å². The van der Waals surface area contributed by atoms with Gasteiger partial charge >= 0.3 is 0 Å². The maximum Gasteiger partial charge on any atom is 0.270 e. The molecule has 3 heterocycles. The van der Waals surface area contributed by atoms with Crippen LogP contribution < -0.4 is 5.32 Å². The standard InChI is InChI=1S/C22H27BrN4O2/c1-4-17(7-6-16(3)26-10-12-29-13-11-26)14-24-22(28)21-19(5-2)25-20-9-8-18(23)15-27(20)21/h4,6-9,15H,1,5,10-14H2,2-3H3,(H,24,28)/b16-6+,17-7+.